The maximum Gasteiger partial charge on any atom is 0.251 e. The average molecular weight is 343 g/mol. The molecule has 3 rings (SSSR count). The molecule has 0 saturated heterocycles. The molecular formula is C18H21N3O2S. The van der Waals surface area contributed by atoms with Gasteiger partial charge in [0.2, 0.25) is 5.91 Å². The van der Waals surface area contributed by atoms with Gasteiger partial charge >= 0.3 is 0 Å². The molecule has 1 fully saturated rings. The van der Waals surface area contributed by atoms with E-state index in [0.717, 1.165) is 18.6 Å². The highest BCUT2D eigenvalue weighted by molar-refractivity contribution is 7.98. The molecule has 1 amide bonds. The second-order valence-corrected chi connectivity index (χ2v) is 7.24. The summed E-state index contributed by atoms with van der Waals surface area (Å²) in [6, 6.07) is 8.04. The van der Waals surface area contributed by atoms with E-state index in [9.17, 15) is 9.59 Å². The first-order valence-corrected chi connectivity index (χ1v) is 9.07. The fourth-order valence-corrected chi connectivity index (χ4v) is 3.37. The molecule has 1 aliphatic carbocycles. The maximum absolute atomic E-state index is 11.9. The number of carbonyl (C=O) groups is 1. The van der Waals surface area contributed by atoms with Gasteiger partial charge in [0.15, 0.2) is 5.16 Å². The molecule has 24 heavy (non-hydrogen) atoms. The lowest BCUT2D eigenvalue weighted by Crippen LogP contribution is -2.28. The van der Waals surface area contributed by atoms with E-state index >= 15 is 0 Å². The summed E-state index contributed by atoms with van der Waals surface area (Å²) in [7, 11) is 0. The summed E-state index contributed by atoms with van der Waals surface area (Å²) in [6.07, 6.45) is 2.24. The van der Waals surface area contributed by atoms with Gasteiger partial charge in [0.05, 0.1) is 12.1 Å². The average Bonchev–Trinajstić information content (AvgIpc) is 3.31. The van der Waals surface area contributed by atoms with Crippen molar-refractivity contribution in [3.63, 3.8) is 0 Å². The number of rotatable bonds is 6. The Morgan fingerprint density at radius 2 is 2.12 bits per heavy atom. The largest absolute Gasteiger partial charge is 0.353 e. The third-order valence-electron chi connectivity index (χ3n) is 3.93. The number of hydrogen-bond donors (Lipinski definition) is 2. The molecule has 0 atom stereocenters. The SMILES string of the molecule is Cc1ccc(C)c(CSc2nc(CC(=O)NC3CC3)cc(=O)[nH]2)c1. The molecule has 1 aromatic carbocycles. The highest BCUT2D eigenvalue weighted by atomic mass is 32.2. The molecular weight excluding hydrogens is 322 g/mol. The van der Waals surface area contributed by atoms with Crippen LogP contribution < -0.4 is 10.9 Å². The van der Waals surface area contributed by atoms with Crippen molar-refractivity contribution in [1.29, 1.82) is 0 Å². The number of aryl methyl sites for hydroxylation is 2. The Morgan fingerprint density at radius 1 is 1.33 bits per heavy atom. The fraction of sp³-hybridized carbons (Fsp3) is 0.389. The van der Waals surface area contributed by atoms with Gasteiger partial charge in [0.25, 0.3) is 5.56 Å². The summed E-state index contributed by atoms with van der Waals surface area (Å²) in [5.74, 6) is 0.662. The predicted molar refractivity (Wildman–Crippen MR) is 95.2 cm³/mol. The summed E-state index contributed by atoms with van der Waals surface area (Å²) < 4.78 is 0. The Morgan fingerprint density at radius 3 is 2.88 bits per heavy atom. The molecule has 0 bridgehead atoms. The van der Waals surface area contributed by atoms with E-state index in [2.05, 4.69) is 47.3 Å². The lowest BCUT2D eigenvalue weighted by Gasteiger charge is -2.08. The smallest absolute Gasteiger partial charge is 0.251 e. The second-order valence-electron chi connectivity index (χ2n) is 6.28. The van der Waals surface area contributed by atoms with Crippen molar-refractivity contribution in [2.24, 2.45) is 0 Å². The number of carbonyl (C=O) groups excluding carboxylic acids is 1. The summed E-state index contributed by atoms with van der Waals surface area (Å²) >= 11 is 1.48. The van der Waals surface area contributed by atoms with Crippen LogP contribution in [0.2, 0.25) is 0 Å². The van der Waals surface area contributed by atoms with E-state index in [-0.39, 0.29) is 17.9 Å². The van der Waals surface area contributed by atoms with Crippen LogP contribution in [0.4, 0.5) is 0 Å². The number of benzene rings is 1. The van der Waals surface area contributed by atoms with Gasteiger partial charge < -0.3 is 10.3 Å². The van der Waals surface area contributed by atoms with E-state index in [0.29, 0.717) is 16.9 Å². The van der Waals surface area contributed by atoms with E-state index in [1.165, 1.54) is 34.5 Å². The van der Waals surface area contributed by atoms with Crippen molar-refractivity contribution < 1.29 is 4.79 Å². The van der Waals surface area contributed by atoms with Crippen LogP contribution in [0.5, 0.6) is 0 Å². The van der Waals surface area contributed by atoms with Crippen molar-refractivity contribution >= 4 is 17.7 Å². The lowest BCUT2D eigenvalue weighted by atomic mass is 10.1. The number of nitrogens with zero attached hydrogens (tertiary/aromatic N) is 1. The first-order valence-electron chi connectivity index (χ1n) is 8.08. The minimum atomic E-state index is -0.220. The lowest BCUT2D eigenvalue weighted by molar-refractivity contribution is -0.120. The molecule has 1 aliphatic rings. The van der Waals surface area contributed by atoms with Crippen LogP contribution in [0.25, 0.3) is 0 Å². The predicted octanol–water partition coefficient (Wildman–Crippen LogP) is 2.50. The normalized spacial score (nSPS) is 13.8. The van der Waals surface area contributed by atoms with Crippen molar-refractivity contribution in [3.05, 3.63) is 57.0 Å². The second kappa shape index (κ2) is 7.21. The molecule has 1 aromatic heterocycles. The minimum absolute atomic E-state index is 0.0684. The first kappa shape index (κ1) is 16.8. The molecule has 5 nitrogen and oxygen atoms in total. The van der Waals surface area contributed by atoms with Crippen molar-refractivity contribution in [2.75, 3.05) is 0 Å². The van der Waals surface area contributed by atoms with E-state index in [4.69, 9.17) is 0 Å². The molecule has 0 unspecified atom stereocenters. The van der Waals surface area contributed by atoms with E-state index in [1.807, 2.05) is 0 Å². The minimum Gasteiger partial charge on any atom is -0.353 e. The molecule has 0 radical (unpaired) electrons. The number of aromatic nitrogens is 2. The molecule has 0 spiro atoms. The molecule has 0 aliphatic heterocycles. The fourth-order valence-electron chi connectivity index (χ4n) is 2.42. The van der Waals surface area contributed by atoms with E-state index in [1.54, 1.807) is 0 Å². The molecule has 6 heteroatoms. The number of amides is 1. The zero-order valence-electron chi connectivity index (χ0n) is 13.9. The van der Waals surface area contributed by atoms with Gasteiger partial charge in [-0.1, -0.05) is 35.5 Å². The topological polar surface area (TPSA) is 74.8 Å². The summed E-state index contributed by atoms with van der Waals surface area (Å²) in [4.78, 5) is 30.9. The number of nitrogens with one attached hydrogen (secondary N) is 2. The third kappa shape index (κ3) is 4.71. The third-order valence-corrected chi connectivity index (χ3v) is 4.85. The Labute approximate surface area is 145 Å². The zero-order valence-corrected chi connectivity index (χ0v) is 14.7. The van der Waals surface area contributed by atoms with Crippen molar-refractivity contribution in [1.82, 2.24) is 15.3 Å². The standard InChI is InChI=1S/C18H21N3O2S/c1-11-3-4-12(2)13(7-11)10-24-18-20-15(9-17(23)21-18)8-16(22)19-14-5-6-14/h3-4,7,9,14H,5-6,8,10H2,1-2H3,(H,19,22)(H,20,21,23). The van der Waals surface area contributed by atoms with Gasteiger partial charge in [0.1, 0.15) is 0 Å². The van der Waals surface area contributed by atoms with Gasteiger partial charge in [-0.05, 0) is 37.8 Å². The quantitative estimate of drug-likeness (QED) is 0.624. The maximum atomic E-state index is 11.9. The van der Waals surface area contributed by atoms with Crippen molar-refractivity contribution in [3.8, 4) is 0 Å². The number of H-pyrrole nitrogens is 1. The Balaban J connectivity index is 1.67. The molecule has 126 valence electrons. The summed E-state index contributed by atoms with van der Waals surface area (Å²) in [5, 5.41) is 3.47. The van der Waals surface area contributed by atoms with Crippen LogP contribution in [0.3, 0.4) is 0 Å². The van der Waals surface area contributed by atoms with Gasteiger partial charge in [-0.25, -0.2) is 4.98 Å². The van der Waals surface area contributed by atoms with Crippen LogP contribution in [-0.4, -0.2) is 21.9 Å². The van der Waals surface area contributed by atoms with Crippen LogP contribution >= 0.6 is 11.8 Å². The highest BCUT2D eigenvalue weighted by Crippen LogP contribution is 2.22. The summed E-state index contributed by atoms with van der Waals surface area (Å²) in [5.41, 5.74) is 3.95. The number of aromatic amines is 1. The monoisotopic (exact) mass is 343 g/mol. The molecule has 1 saturated carbocycles. The Kier molecular flexibility index (Phi) is 5.04. The highest BCUT2D eigenvalue weighted by Gasteiger charge is 2.23. The van der Waals surface area contributed by atoms with Crippen LogP contribution in [0.1, 0.15) is 35.2 Å². The van der Waals surface area contributed by atoms with E-state index < -0.39 is 0 Å². The molecule has 1 heterocycles. The van der Waals surface area contributed by atoms with Crippen LogP contribution in [-0.2, 0) is 17.0 Å². The van der Waals surface area contributed by atoms with Crippen LogP contribution in [0, 0.1) is 13.8 Å². The first-order chi connectivity index (χ1) is 11.5. The summed E-state index contributed by atoms with van der Waals surface area (Å²) in [6.45, 7) is 4.14. The number of thioether (sulfide) groups is 1. The molecule has 2 N–H and O–H groups in total. The van der Waals surface area contributed by atoms with Gasteiger partial charge in [0, 0.05) is 17.9 Å². The zero-order chi connectivity index (χ0) is 17.1. The number of hydrogen-bond acceptors (Lipinski definition) is 4. The van der Waals surface area contributed by atoms with Gasteiger partial charge in [-0.3, -0.25) is 9.59 Å². The molecule has 2 aromatic rings. The van der Waals surface area contributed by atoms with Crippen LogP contribution in [0.15, 0.2) is 34.2 Å². The Bertz CT molecular complexity index is 812. The van der Waals surface area contributed by atoms with Gasteiger partial charge in [-0.15, -0.1) is 0 Å². The van der Waals surface area contributed by atoms with Gasteiger partial charge in [-0.2, -0.15) is 0 Å². The van der Waals surface area contributed by atoms with Crippen molar-refractivity contribution in [2.45, 2.75) is 50.1 Å². The Hall–Kier alpha value is -2.08.